The summed E-state index contributed by atoms with van der Waals surface area (Å²) in [6.07, 6.45) is 0. The molecule has 1 aromatic carbocycles. The minimum absolute atomic E-state index is 0.0452. The molecule has 18 heavy (non-hydrogen) atoms. The molecular weight excluding hydrogens is 241 g/mol. The van der Waals surface area contributed by atoms with Gasteiger partial charge in [-0.1, -0.05) is 6.07 Å². The van der Waals surface area contributed by atoms with Gasteiger partial charge in [0.2, 0.25) is 0 Å². The van der Waals surface area contributed by atoms with Crippen molar-refractivity contribution in [2.75, 3.05) is 19.8 Å². The van der Waals surface area contributed by atoms with E-state index in [0.717, 1.165) is 6.07 Å². The highest BCUT2D eigenvalue weighted by molar-refractivity contribution is 5.96. The van der Waals surface area contributed by atoms with Gasteiger partial charge in [-0.05, 0) is 18.2 Å². The normalized spacial score (nSPS) is 19.6. The Morgan fingerprint density at radius 1 is 1.44 bits per heavy atom. The predicted molar refractivity (Wildman–Crippen MR) is 59.7 cm³/mol. The number of carboxylic acids is 1. The molecule has 6 heteroatoms. The summed E-state index contributed by atoms with van der Waals surface area (Å²) in [5, 5.41) is 9.01. The molecule has 0 saturated carbocycles. The summed E-state index contributed by atoms with van der Waals surface area (Å²) in [6.45, 7) is 0.424. The largest absolute Gasteiger partial charge is 0.480 e. The third-order valence-electron chi connectivity index (χ3n) is 2.75. The Labute approximate surface area is 103 Å². The van der Waals surface area contributed by atoms with Gasteiger partial charge in [0.1, 0.15) is 5.82 Å². The summed E-state index contributed by atoms with van der Waals surface area (Å²) in [5.41, 5.74) is 0.142. The zero-order valence-corrected chi connectivity index (χ0v) is 9.51. The van der Waals surface area contributed by atoms with Crippen LogP contribution in [0, 0.1) is 5.82 Å². The zero-order valence-electron chi connectivity index (χ0n) is 9.51. The van der Waals surface area contributed by atoms with Gasteiger partial charge in [0, 0.05) is 12.1 Å². The maximum absolute atomic E-state index is 13.0. The van der Waals surface area contributed by atoms with Crippen molar-refractivity contribution in [2.45, 2.75) is 6.04 Å². The minimum Gasteiger partial charge on any atom is -0.480 e. The number of aliphatic carboxylic acids is 1. The third kappa shape index (κ3) is 2.48. The van der Waals surface area contributed by atoms with Gasteiger partial charge < -0.3 is 14.7 Å². The van der Waals surface area contributed by atoms with E-state index in [1.54, 1.807) is 0 Å². The van der Waals surface area contributed by atoms with E-state index in [-0.39, 0.29) is 25.3 Å². The van der Waals surface area contributed by atoms with Gasteiger partial charge in [0.15, 0.2) is 6.04 Å². The molecule has 1 unspecified atom stereocenters. The Kier molecular flexibility index (Phi) is 3.57. The highest BCUT2D eigenvalue weighted by Gasteiger charge is 2.33. The van der Waals surface area contributed by atoms with Crippen molar-refractivity contribution in [1.82, 2.24) is 4.90 Å². The summed E-state index contributed by atoms with van der Waals surface area (Å²) < 4.78 is 18.1. The van der Waals surface area contributed by atoms with Gasteiger partial charge >= 0.3 is 5.97 Å². The van der Waals surface area contributed by atoms with Crippen molar-refractivity contribution < 1.29 is 23.8 Å². The predicted octanol–water partition coefficient (Wildman–Crippen LogP) is 0.751. The molecule has 1 fully saturated rings. The number of rotatable bonds is 2. The number of benzene rings is 1. The van der Waals surface area contributed by atoms with Crippen LogP contribution in [-0.2, 0) is 9.53 Å². The van der Waals surface area contributed by atoms with Gasteiger partial charge in [-0.3, -0.25) is 4.79 Å². The van der Waals surface area contributed by atoms with E-state index in [0.29, 0.717) is 0 Å². The lowest BCUT2D eigenvalue weighted by molar-refractivity contribution is -0.147. The van der Waals surface area contributed by atoms with Crippen molar-refractivity contribution in [3.05, 3.63) is 35.6 Å². The van der Waals surface area contributed by atoms with Crippen LogP contribution in [0.5, 0.6) is 0 Å². The van der Waals surface area contributed by atoms with Crippen molar-refractivity contribution in [3.8, 4) is 0 Å². The van der Waals surface area contributed by atoms with E-state index < -0.39 is 23.7 Å². The number of morpholine rings is 1. The van der Waals surface area contributed by atoms with Gasteiger partial charge in [0.05, 0.1) is 13.2 Å². The number of carboxylic acid groups (broad SMARTS) is 1. The van der Waals surface area contributed by atoms with Crippen molar-refractivity contribution in [1.29, 1.82) is 0 Å². The zero-order chi connectivity index (χ0) is 13.1. The third-order valence-corrected chi connectivity index (χ3v) is 2.75. The highest BCUT2D eigenvalue weighted by Crippen LogP contribution is 2.13. The first-order chi connectivity index (χ1) is 8.59. The number of carbonyl (C=O) groups is 2. The summed E-state index contributed by atoms with van der Waals surface area (Å²) in [6, 6.07) is 4.18. The number of carbonyl (C=O) groups excluding carboxylic acids is 1. The van der Waals surface area contributed by atoms with E-state index in [2.05, 4.69) is 0 Å². The molecule has 0 bridgehead atoms. The highest BCUT2D eigenvalue weighted by atomic mass is 19.1. The van der Waals surface area contributed by atoms with Gasteiger partial charge in [0.25, 0.3) is 5.91 Å². The number of ether oxygens (including phenoxy) is 1. The van der Waals surface area contributed by atoms with Crippen LogP contribution in [-0.4, -0.2) is 47.7 Å². The lowest BCUT2D eigenvalue weighted by Crippen LogP contribution is -2.52. The molecule has 5 nitrogen and oxygen atoms in total. The smallest absolute Gasteiger partial charge is 0.328 e. The Bertz CT molecular complexity index is 477. The van der Waals surface area contributed by atoms with Crippen molar-refractivity contribution in [2.24, 2.45) is 0 Å². The molecular formula is C12H12FNO4. The maximum Gasteiger partial charge on any atom is 0.328 e. The first kappa shape index (κ1) is 12.5. The van der Waals surface area contributed by atoms with Crippen molar-refractivity contribution in [3.63, 3.8) is 0 Å². The van der Waals surface area contributed by atoms with E-state index >= 15 is 0 Å². The maximum atomic E-state index is 13.0. The fourth-order valence-electron chi connectivity index (χ4n) is 1.84. The molecule has 1 atom stereocenters. The molecule has 1 aliphatic heterocycles. The molecule has 1 heterocycles. The van der Waals surface area contributed by atoms with Crippen LogP contribution in [0.4, 0.5) is 4.39 Å². The number of amides is 1. The second-order valence-electron chi connectivity index (χ2n) is 3.94. The average molecular weight is 253 g/mol. The molecule has 1 amide bonds. The Morgan fingerprint density at radius 2 is 2.22 bits per heavy atom. The fraction of sp³-hybridized carbons (Fsp3) is 0.333. The molecule has 0 radical (unpaired) electrons. The van der Waals surface area contributed by atoms with Gasteiger partial charge in [-0.2, -0.15) is 0 Å². The van der Waals surface area contributed by atoms with Crippen LogP contribution in [0.1, 0.15) is 10.4 Å². The second-order valence-corrected chi connectivity index (χ2v) is 3.94. The van der Waals surface area contributed by atoms with Crippen LogP contribution in [0.15, 0.2) is 24.3 Å². The second kappa shape index (κ2) is 5.14. The first-order valence-electron chi connectivity index (χ1n) is 5.46. The van der Waals surface area contributed by atoms with Gasteiger partial charge in [-0.25, -0.2) is 9.18 Å². The average Bonchev–Trinajstić information content (AvgIpc) is 2.38. The van der Waals surface area contributed by atoms with Crippen LogP contribution in [0.3, 0.4) is 0 Å². The Balaban J connectivity index is 2.23. The molecule has 2 rings (SSSR count). The topological polar surface area (TPSA) is 66.8 Å². The summed E-state index contributed by atoms with van der Waals surface area (Å²) >= 11 is 0. The summed E-state index contributed by atoms with van der Waals surface area (Å²) in [7, 11) is 0. The van der Waals surface area contributed by atoms with Crippen molar-refractivity contribution >= 4 is 11.9 Å². The summed E-state index contributed by atoms with van der Waals surface area (Å²) in [5.74, 6) is -2.15. The number of halogens is 1. The number of hydrogen-bond donors (Lipinski definition) is 1. The van der Waals surface area contributed by atoms with Gasteiger partial charge in [-0.15, -0.1) is 0 Å². The van der Waals surface area contributed by atoms with E-state index in [4.69, 9.17) is 9.84 Å². The Morgan fingerprint density at radius 3 is 2.89 bits per heavy atom. The van der Waals surface area contributed by atoms with Crippen LogP contribution in [0.25, 0.3) is 0 Å². The SMILES string of the molecule is O=C(O)C1COCCN1C(=O)c1cccc(F)c1. The molecule has 1 aliphatic rings. The van der Waals surface area contributed by atoms with E-state index in [1.165, 1.54) is 23.1 Å². The molecule has 1 N–H and O–H groups in total. The van der Waals surface area contributed by atoms with Crippen LogP contribution < -0.4 is 0 Å². The molecule has 1 aromatic rings. The summed E-state index contributed by atoms with van der Waals surface area (Å²) in [4.78, 5) is 24.3. The molecule has 96 valence electrons. The minimum atomic E-state index is -1.13. The van der Waals surface area contributed by atoms with Crippen LogP contribution >= 0.6 is 0 Å². The molecule has 1 saturated heterocycles. The molecule has 0 spiro atoms. The lowest BCUT2D eigenvalue weighted by Gasteiger charge is -2.32. The first-order valence-corrected chi connectivity index (χ1v) is 5.46. The Hall–Kier alpha value is -1.95. The van der Waals surface area contributed by atoms with E-state index in [1.807, 2.05) is 0 Å². The standard InChI is InChI=1S/C12H12FNO4/c13-9-3-1-2-8(6-9)11(15)14-4-5-18-7-10(14)12(16)17/h1-3,6,10H,4-5,7H2,(H,16,17). The van der Waals surface area contributed by atoms with E-state index in [9.17, 15) is 14.0 Å². The number of hydrogen-bond acceptors (Lipinski definition) is 3. The lowest BCUT2D eigenvalue weighted by atomic mass is 10.1. The molecule has 0 aliphatic carbocycles. The van der Waals surface area contributed by atoms with Crippen LogP contribution in [0.2, 0.25) is 0 Å². The quantitative estimate of drug-likeness (QED) is 0.844. The monoisotopic (exact) mass is 253 g/mol. The molecule has 0 aromatic heterocycles. The number of nitrogens with zero attached hydrogens (tertiary/aromatic N) is 1. The fourth-order valence-corrected chi connectivity index (χ4v) is 1.84.